The molecule has 0 unspecified atom stereocenters. The number of benzene rings is 2. The number of carbonyl (C=O) groups is 1. The van der Waals surface area contributed by atoms with Crippen LogP contribution in [0, 0.1) is 0 Å². The van der Waals surface area contributed by atoms with E-state index in [4.69, 9.17) is 9.47 Å². The summed E-state index contributed by atoms with van der Waals surface area (Å²) in [5, 5.41) is 4.86. The van der Waals surface area contributed by atoms with Gasteiger partial charge in [0.2, 0.25) is 0 Å². The fourth-order valence-electron chi connectivity index (χ4n) is 2.89. The lowest BCUT2D eigenvalue weighted by Gasteiger charge is -2.15. The number of rotatable bonds is 7. The zero-order valence-corrected chi connectivity index (χ0v) is 20.4. The van der Waals surface area contributed by atoms with E-state index in [1.807, 2.05) is 13.0 Å². The van der Waals surface area contributed by atoms with Crippen molar-refractivity contribution in [1.82, 2.24) is 9.66 Å². The molecule has 3 aromatic rings. The van der Waals surface area contributed by atoms with Gasteiger partial charge in [0.1, 0.15) is 11.6 Å². The Hall–Kier alpha value is -2.52. The molecular formula is C22H21Br2N3O4. The second-order valence-corrected chi connectivity index (χ2v) is 8.43. The van der Waals surface area contributed by atoms with Gasteiger partial charge in [-0.15, -0.1) is 0 Å². The Morgan fingerprint density at radius 3 is 2.61 bits per heavy atom. The number of fused-ring (bicyclic) bond motifs is 1. The van der Waals surface area contributed by atoms with Crippen molar-refractivity contribution in [2.75, 3.05) is 6.61 Å². The smallest absolute Gasteiger partial charge is 0.347 e. The van der Waals surface area contributed by atoms with Crippen molar-refractivity contribution < 1.29 is 14.3 Å². The largest absolute Gasteiger partial charge is 0.478 e. The van der Waals surface area contributed by atoms with E-state index >= 15 is 0 Å². The lowest BCUT2D eigenvalue weighted by molar-refractivity contribution is -0.150. The Morgan fingerprint density at radius 1 is 1.19 bits per heavy atom. The van der Waals surface area contributed by atoms with Gasteiger partial charge < -0.3 is 9.47 Å². The van der Waals surface area contributed by atoms with E-state index in [0.29, 0.717) is 34.5 Å². The van der Waals surface area contributed by atoms with Gasteiger partial charge >= 0.3 is 5.97 Å². The average Bonchev–Trinajstić information content (AvgIpc) is 2.75. The van der Waals surface area contributed by atoms with Gasteiger partial charge in [0.05, 0.1) is 23.7 Å². The number of halogens is 2. The molecule has 1 aromatic heterocycles. The molecule has 0 aliphatic heterocycles. The summed E-state index contributed by atoms with van der Waals surface area (Å²) in [6, 6.07) is 10.7. The first-order chi connectivity index (χ1) is 14.8. The summed E-state index contributed by atoms with van der Waals surface area (Å²) in [5.41, 5.74) is 0.941. The first kappa shape index (κ1) is 23.1. The molecule has 0 aliphatic rings. The Morgan fingerprint density at radius 2 is 1.90 bits per heavy atom. The molecule has 0 bridgehead atoms. The maximum atomic E-state index is 13.1. The lowest BCUT2D eigenvalue weighted by atomic mass is 10.2. The molecule has 31 heavy (non-hydrogen) atoms. The van der Waals surface area contributed by atoms with E-state index < -0.39 is 12.1 Å². The van der Waals surface area contributed by atoms with Crippen LogP contribution in [0.3, 0.4) is 0 Å². The molecule has 7 nitrogen and oxygen atoms in total. The number of nitrogens with zero attached hydrogens (tertiary/aromatic N) is 3. The lowest BCUT2D eigenvalue weighted by Crippen LogP contribution is -2.26. The van der Waals surface area contributed by atoms with Crippen LogP contribution < -0.4 is 10.3 Å². The highest BCUT2D eigenvalue weighted by Crippen LogP contribution is 2.23. The van der Waals surface area contributed by atoms with E-state index in [0.717, 1.165) is 8.95 Å². The molecule has 9 heteroatoms. The minimum absolute atomic E-state index is 0.267. The molecule has 0 saturated carbocycles. The third-order valence-corrected chi connectivity index (χ3v) is 5.38. The van der Waals surface area contributed by atoms with Crippen molar-refractivity contribution in [3.8, 4) is 5.75 Å². The topological polar surface area (TPSA) is 82.8 Å². The molecule has 0 spiro atoms. The van der Waals surface area contributed by atoms with Gasteiger partial charge in [-0.1, -0.05) is 38.8 Å². The van der Waals surface area contributed by atoms with Crippen LogP contribution in [0.25, 0.3) is 10.9 Å². The normalized spacial score (nSPS) is 12.3. The highest BCUT2D eigenvalue weighted by molar-refractivity contribution is 9.10. The third kappa shape index (κ3) is 5.40. The SMILES string of the molecule is CCOC(=O)[C@@H](C)Oc1ccc(Br)cc1C=Nn1c(CC)nc2ccc(Br)cc2c1=O. The molecule has 0 radical (unpaired) electrons. The Bertz CT molecular complexity index is 1210. The Kier molecular flexibility index (Phi) is 7.61. The molecular weight excluding hydrogens is 530 g/mol. The van der Waals surface area contributed by atoms with Gasteiger partial charge in [0.25, 0.3) is 5.56 Å². The Balaban J connectivity index is 2.03. The van der Waals surface area contributed by atoms with Gasteiger partial charge in [0, 0.05) is 20.9 Å². The summed E-state index contributed by atoms with van der Waals surface area (Å²) in [6.45, 7) is 5.54. The maximum Gasteiger partial charge on any atom is 0.347 e. The van der Waals surface area contributed by atoms with Crippen LogP contribution in [-0.4, -0.2) is 34.6 Å². The average molecular weight is 551 g/mol. The third-order valence-electron chi connectivity index (χ3n) is 4.40. The number of ether oxygens (including phenoxy) is 2. The van der Waals surface area contributed by atoms with Gasteiger partial charge in [-0.2, -0.15) is 9.78 Å². The van der Waals surface area contributed by atoms with Crippen molar-refractivity contribution in [3.63, 3.8) is 0 Å². The predicted molar refractivity (Wildman–Crippen MR) is 127 cm³/mol. The van der Waals surface area contributed by atoms with E-state index in [9.17, 15) is 9.59 Å². The maximum absolute atomic E-state index is 13.1. The fourth-order valence-corrected chi connectivity index (χ4v) is 3.63. The van der Waals surface area contributed by atoms with Crippen molar-refractivity contribution in [3.05, 3.63) is 67.1 Å². The highest BCUT2D eigenvalue weighted by atomic mass is 79.9. The molecule has 2 aromatic carbocycles. The zero-order valence-electron chi connectivity index (χ0n) is 17.3. The number of esters is 1. The molecule has 1 atom stereocenters. The molecule has 3 rings (SSSR count). The molecule has 0 amide bonds. The monoisotopic (exact) mass is 549 g/mol. The van der Waals surface area contributed by atoms with Crippen molar-refractivity contribution in [2.24, 2.45) is 5.10 Å². The number of hydrogen-bond acceptors (Lipinski definition) is 6. The minimum atomic E-state index is -0.790. The standard InChI is InChI=1S/C22H21Br2N3O4/c1-4-20-26-18-8-6-16(24)11-17(18)21(28)27(20)25-12-14-10-15(23)7-9-19(14)31-13(3)22(29)30-5-2/h6-13H,4-5H2,1-3H3/t13-/m1/s1. The van der Waals surface area contributed by atoms with E-state index in [2.05, 4.69) is 41.9 Å². The first-order valence-electron chi connectivity index (χ1n) is 9.72. The van der Waals surface area contributed by atoms with Crippen LogP contribution in [0.5, 0.6) is 5.75 Å². The first-order valence-corrected chi connectivity index (χ1v) is 11.3. The summed E-state index contributed by atoms with van der Waals surface area (Å²) in [7, 11) is 0. The van der Waals surface area contributed by atoms with Crippen LogP contribution in [0.15, 0.2) is 55.2 Å². The molecule has 0 N–H and O–H groups in total. The van der Waals surface area contributed by atoms with Crippen LogP contribution >= 0.6 is 31.9 Å². The summed E-state index contributed by atoms with van der Waals surface area (Å²) in [6.07, 6.45) is 1.26. The number of carbonyl (C=O) groups excluding carboxylic acids is 1. The van der Waals surface area contributed by atoms with E-state index in [-0.39, 0.29) is 12.2 Å². The molecule has 1 heterocycles. The van der Waals surface area contributed by atoms with Crippen LogP contribution in [0.4, 0.5) is 0 Å². The van der Waals surface area contributed by atoms with Gasteiger partial charge in [0.15, 0.2) is 6.10 Å². The number of hydrogen-bond donors (Lipinski definition) is 0. The molecule has 0 fully saturated rings. The quantitative estimate of drug-likeness (QED) is 0.314. The molecule has 162 valence electrons. The predicted octanol–water partition coefficient (Wildman–Crippen LogP) is 4.70. The van der Waals surface area contributed by atoms with Crippen molar-refractivity contribution in [1.29, 1.82) is 0 Å². The van der Waals surface area contributed by atoms with Crippen molar-refractivity contribution >= 4 is 54.9 Å². The number of aromatic nitrogens is 2. The van der Waals surface area contributed by atoms with Gasteiger partial charge in [-0.3, -0.25) is 4.79 Å². The van der Waals surface area contributed by atoms with Crippen LogP contribution in [0.2, 0.25) is 0 Å². The number of aryl methyl sites for hydroxylation is 1. The molecule has 0 saturated heterocycles. The zero-order chi connectivity index (χ0) is 22.5. The second kappa shape index (κ2) is 10.2. The Labute approximate surface area is 196 Å². The highest BCUT2D eigenvalue weighted by Gasteiger charge is 2.17. The summed E-state index contributed by atoms with van der Waals surface area (Å²) in [5.74, 6) is 0.519. The van der Waals surface area contributed by atoms with Crippen LogP contribution in [-0.2, 0) is 16.0 Å². The van der Waals surface area contributed by atoms with E-state index in [1.54, 1.807) is 44.2 Å². The van der Waals surface area contributed by atoms with E-state index in [1.165, 1.54) is 10.9 Å². The molecule has 0 aliphatic carbocycles. The van der Waals surface area contributed by atoms with Gasteiger partial charge in [-0.05, 0) is 50.2 Å². The second-order valence-electron chi connectivity index (χ2n) is 6.60. The summed E-state index contributed by atoms with van der Waals surface area (Å²) in [4.78, 5) is 29.6. The fraction of sp³-hybridized carbons (Fsp3) is 0.273. The summed E-state index contributed by atoms with van der Waals surface area (Å²) >= 11 is 6.82. The van der Waals surface area contributed by atoms with Crippen molar-refractivity contribution in [2.45, 2.75) is 33.3 Å². The van der Waals surface area contributed by atoms with Gasteiger partial charge in [-0.25, -0.2) is 9.78 Å². The minimum Gasteiger partial charge on any atom is -0.478 e. The summed E-state index contributed by atoms with van der Waals surface area (Å²) < 4.78 is 13.7. The van der Waals surface area contributed by atoms with Crippen LogP contribution in [0.1, 0.15) is 32.2 Å².